The highest BCUT2D eigenvalue weighted by Gasteiger charge is 2.48. The maximum atomic E-state index is 5.62. The van der Waals surface area contributed by atoms with Gasteiger partial charge in [-0.3, -0.25) is 4.90 Å². The van der Waals surface area contributed by atoms with Crippen LogP contribution >= 0.6 is 0 Å². The summed E-state index contributed by atoms with van der Waals surface area (Å²) in [6, 6.07) is 14.1. The average Bonchev–Trinajstić information content (AvgIpc) is 3.03. The smallest absolute Gasteiger partial charge is 0.150 e. The normalized spacial score (nSPS) is 24.6. The Morgan fingerprint density at radius 2 is 1.96 bits per heavy atom. The van der Waals surface area contributed by atoms with Gasteiger partial charge < -0.3 is 9.84 Å². The summed E-state index contributed by atoms with van der Waals surface area (Å²) in [4.78, 5) is 2.27. The van der Waals surface area contributed by atoms with Gasteiger partial charge in [0.05, 0.1) is 12.2 Å². The van der Waals surface area contributed by atoms with E-state index in [1.54, 1.807) is 0 Å². The van der Waals surface area contributed by atoms with Crippen molar-refractivity contribution in [2.45, 2.75) is 71.1 Å². The molecule has 4 rings (SSSR count). The summed E-state index contributed by atoms with van der Waals surface area (Å²) in [5.41, 5.74) is 2.78. The summed E-state index contributed by atoms with van der Waals surface area (Å²) in [5, 5.41) is 8.22. The molecular formula is C23H33N3O. The van der Waals surface area contributed by atoms with E-state index >= 15 is 0 Å². The molecular weight excluding hydrogens is 334 g/mol. The lowest BCUT2D eigenvalue weighted by Crippen LogP contribution is -2.60. The van der Waals surface area contributed by atoms with Crippen molar-refractivity contribution in [1.29, 1.82) is 0 Å². The second kappa shape index (κ2) is 7.76. The molecule has 0 saturated heterocycles. The number of hydrogen-bond donors (Lipinski definition) is 1. The standard InChI is InChI=1S/C23H33N3O/c1-23(2)18(13-22(23)24-19-10-7-11-19)12-20-14-21(27-25-20)16-26(3)15-17-8-5-4-6-9-17/h4-6,8-9,14,18-19,22,24H,7,10-13,15-16H2,1-3H3/t18-,22+/m1/s1. The van der Waals surface area contributed by atoms with Crippen LogP contribution in [0.4, 0.5) is 0 Å². The van der Waals surface area contributed by atoms with Crippen molar-refractivity contribution >= 4 is 0 Å². The molecule has 1 aromatic carbocycles. The van der Waals surface area contributed by atoms with Gasteiger partial charge >= 0.3 is 0 Å². The number of rotatable bonds is 8. The van der Waals surface area contributed by atoms with E-state index in [9.17, 15) is 0 Å². The quantitative estimate of drug-likeness (QED) is 0.750. The van der Waals surface area contributed by atoms with Crippen molar-refractivity contribution in [1.82, 2.24) is 15.4 Å². The topological polar surface area (TPSA) is 41.3 Å². The molecule has 1 heterocycles. The Hall–Kier alpha value is -1.65. The van der Waals surface area contributed by atoms with E-state index < -0.39 is 0 Å². The highest BCUT2D eigenvalue weighted by molar-refractivity contribution is 5.15. The third-order valence-corrected chi connectivity index (χ3v) is 6.80. The molecule has 0 bridgehead atoms. The number of nitrogens with one attached hydrogen (secondary N) is 1. The van der Waals surface area contributed by atoms with E-state index in [1.165, 1.54) is 31.2 Å². The van der Waals surface area contributed by atoms with Crippen LogP contribution in [-0.2, 0) is 19.5 Å². The van der Waals surface area contributed by atoms with Crippen molar-refractivity contribution < 1.29 is 4.52 Å². The Morgan fingerprint density at radius 1 is 1.19 bits per heavy atom. The second-order valence-electron chi connectivity index (χ2n) is 9.25. The lowest BCUT2D eigenvalue weighted by atomic mass is 9.57. The molecule has 4 heteroatoms. The number of benzene rings is 1. The highest BCUT2D eigenvalue weighted by Crippen LogP contribution is 2.48. The zero-order valence-electron chi connectivity index (χ0n) is 16.9. The molecule has 2 fully saturated rings. The average molecular weight is 368 g/mol. The first-order valence-corrected chi connectivity index (χ1v) is 10.4. The molecule has 2 atom stereocenters. The van der Waals surface area contributed by atoms with Gasteiger partial charge in [0.25, 0.3) is 0 Å². The van der Waals surface area contributed by atoms with Gasteiger partial charge in [0.2, 0.25) is 0 Å². The fourth-order valence-corrected chi connectivity index (χ4v) is 4.50. The van der Waals surface area contributed by atoms with Crippen LogP contribution in [0.3, 0.4) is 0 Å². The first kappa shape index (κ1) is 18.7. The maximum Gasteiger partial charge on any atom is 0.150 e. The van der Waals surface area contributed by atoms with Crippen LogP contribution in [0.15, 0.2) is 40.9 Å². The first-order valence-electron chi connectivity index (χ1n) is 10.4. The second-order valence-corrected chi connectivity index (χ2v) is 9.25. The molecule has 0 radical (unpaired) electrons. The van der Waals surface area contributed by atoms with Crippen LogP contribution < -0.4 is 5.32 Å². The minimum atomic E-state index is 0.346. The van der Waals surface area contributed by atoms with Crippen LogP contribution in [-0.4, -0.2) is 29.2 Å². The van der Waals surface area contributed by atoms with Crippen molar-refractivity contribution in [2.75, 3.05) is 7.05 Å². The van der Waals surface area contributed by atoms with Crippen LogP contribution in [0.25, 0.3) is 0 Å². The first-order chi connectivity index (χ1) is 13.0. The molecule has 1 aromatic heterocycles. The zero-order valence-corrected chi connectivity index (χ0v) is 16.9. The van der Waals surface area contributed by atoms with E-state index in [-0.39, 0.29) is 0 Å². The molecule has 146 valence electrons. The minimum Gasteiger partial charge on any atom is -0.360 e. The molecule has 0 unspecified atom stereocenters. The van der Waals surface area contributed by atoms with E-state index in [1.807, 2.05) is 0 Å². The molecule has 2 aromatic rings. The molecule has 0 aliphatic heterocycles. The minimum absolute atomic E-state index is 0.346. The van der Waals surface area contributed by atoms with Gasteiger partial charge in [-0.2, -0.15) is 0 Å². The van der Waals surface area contributed by atoms with Crippen LogP contribution in [0.1, 0.15) is 56.5 Å². The fourth-order valence-electron chi connectivity index (χ4n) is 4.50. The molecule has 27 heavy (non-hydrogen) atoms. The summed E-state index contributed by atoms with van der Waals surface area (Å²) in [6.45, 7) is 6.53. The Kier molecular flexibility index (Phi) is 5.38. The third kappa shape index (κ3) is 4.27. The van der Waals surface area contributed by atoms with Crippen LogP contribution in [0, 0.1) is 11.3 Å². The number of hydrogen-bond acceptors (Lipinski definition) is 4. The van der Waals surface area contributed by atoms with Gasteiger partial charge in [-0.1, -0.05) is 55.8 Å². The molecule has 0 amide bonds. The Labute approximate surface area is 163 Å². The van der Waals surface area contributed by atoms with E-state index in [4.69, 9.17) is 4.52 Å². The van der Waals surface area contributed by atoms with E-state index in [0.29, 0.717) is 17.4 Å². The maximum absolute atomic E-state index is 5.62. The van der Waals surface area contributed by atoms with Crippen molar-refractivity contribution in [3.63, 3.8) is 0 Å². The molecule has 1 N–H and O–H groups in total. The monoisotopic (exact) mass is 367 g/mol. The molecule has 2 aliphatic carbocycles. The van der Waals surface area contributed by atoms with Gasteiger partial charge in [-0.25, -0.2) is 0 Å². The predicted molar refractivity (Wildman–Crippen MR) is 108 cm³/mol. The van der Waals surface area contributed by atoms with Crippen molar-refractivity contribution in [2.24, 2.45) is 11.3 Å². The SMILES string of the molecule is CN(Cc1ccccc1)Cc1cc(C[C@@H]2C[C@H](NC3CCC3)C2(C)C)no1. The molecule has 2 aliphatic rings. The summed E-state index contributed by atoms with van der Waals surface area (Å²) in [6.07, 6.45) is 6.41. The van der Waals surface area contributed by atoms with Crippen LogP contribution in [0.5, 0.6) is 0 Å². The summed E-state index contributed by atoms with van der Waals surface area (Å²) >= 11 is 0. The van der Waals surface area contributed by atoms with E-state index in [0.717, 1.165) is 37.0 Å². The molecule has 2 saturated carbocycles. The van der Waals surface area contributed by atoms with Gasteiger partial charge in [-0.05, 0) is 49.6 Å². The predicted octanol–water partition coefficient (Wildman–Crippen LogP) is 4.41. The van der Waals surface area contributed by atoms with Crippen molar-refractivity contribution in [3.05, 3.63) is 53.4 Å². The third-order valence-electron chi connectivity index (χ3n) is 6.80. The van der Waals surface area contributed by atoms with Crippen molar-refractivity contribution in [3.8, 4) is 0 Å². The number of aromatic nitrogens is 1. The molecule has 0 spiro atoms. The van der Waals surface area contributed by atoms with Gasteiger partial charge in [0, 0.05) is 24.7 Å². The van der Waals surface area contributed by atoms with Gasteiger partial charge in [-0.15, -0.1) is 0 Å². The highest BCUT2D eigenvalue weighted by atomic mass is 16.5. The summed E-state index contributed by atoms with van der Waals surface area (Å²) in [7, 11) is 2.13. The summed E-state index contributed by atoms with van der Waals surface area (Å²) in [5.74, 6) is 1.65. The molecule has 4 nitrogen and oxygen atoms in total. The zero-order chi connectivity index (χ0) is 18.9. The summed E-state index contributed by atoms with van der Waals surface area (Å²) < 4.78 is 5.62. The van der Waals surface area contributed by atoms with Gasteiger partial charge in [0.15, 0.2) is 5.76 Å². The lowest BCUT2D eigenvalue weighted by molar-refractivity contribution is 0.000512. The fraction of sp³-hybridized carbons (Fsp3) is 0.609. The lowest BCUT2D eigenvalue weighted by Gasteiger charge is -2.54. The largest absolute Gasteiger partial charge is 0.360 e. The Morgan fingerprint density at radius 3 is 2.63 bits per heavy atom. The van der Waals surface area contributed by atoms with Crippen LogP contribution in [0.2, 0.25) is 0 Å². The Balaban J connectivity index is 1.27. The number of nitrogens with zero attached hydrogens (tertiary/aromatic N) is 2. The van der Waals surface area contributed by atoms with Gasteiger partial charge in [0.1, 0.15) is 0 Å². The van der Waals surface area contributed by atoms with E-state index in [2.05, 4.69) is 72.7 Å². The Bertz CT molecular complexity index is 735.